The molecule has 1 aromatic heterocycles. The molecule has 1 aliphatic rings. The van der Waals surface area contributed by atoms with E-state index in [1.165, 1.54) is 5.57 Å². The molecule has 2 heterocycles. The van der Waals surface area contributed by atoms with E-state index in [2.05, 4.69) is 92.6 Å². The second-order valence-corrected chi connectivity index (χ2v) is 28.7. The molecule has 0 aromatic carbocycles. The number of ether oxygens (including phenoxy) is 1. The Morgan fingerprint density at radius 1 is 1.00 bits per heavy atom. The van der Waals surface area contributed by atoms with Crippen molar-refractivity contribution in [3.63, 3.8) is 0 Å². The monoisotopic (exact) mass is 719 g/mol. The average molecular weight is 720 g/mol. The highest BCUT2D eigenvalue weighted by Gasteiger charge is 2.50. The zero-order chi connectivity index (χ0) is 37.0. The number of rotatable bonds is 6. The number of ketones is 1. The van der Waals surface area contributed by atoms with Gasteiger partial charge in [-0.25, -0.2) is 4.98 Å². The number of nitrogens with zero attached hydrogens (tertiary/aromatic N) is 1. The van der Waals surface area contributed by atoms with Crippen molar-refractivity contribution in [3.05, 3.63) is 33.3 Å². The minimum Gasteiger partial charge on any atom is -0.457 e. The first kappa shape index (κ1) is 42.8. The summed E-state index contributed by atoms with van der Waals surface area (Å²) >= 11 is 1.61. The van der Waals surface area contributed by atoms with Gasteiger partial charge in [0.15, 0.2) is 16.6 Å². The van der Waals surface area contributed by atoms with Crippen molar-refractivity contribution in [2.75, 3.05) is 0 Å². The van der Waals surface area contributed by atoms with Crippen LogP contribution in [0.15, 0.2) is 22.6 Å². The van der Waals surface area contributed by atoms with E-state index < -0.39 is 34.3 Å². The Morgan fingerprint density at radius 3 is 2.08 bits per heavy atom. The van der Waals surface area contributed by atoms with Gasteiger partial charge in [0.1, 0.15) is 11.9 Å². The lowest BCUT2D eigenvalue weighted by Gasteiger charge is -2.46. The molecule has 0 N–H and O–H groups in total. The summed E-state index contributed by atoms with van der Waals surface area (Å²) in [5, 5.41) is 2.94. The molecule has 0 radical (unpaired) electrons. The van der Waals surface area contributed by atoms with Crippen LogP contribution < -0.4 is 0 Å². The van der Waals surface area contributed by atoms with Crippen molar-refractivity contribution < 1.29 is 23.2 Å². The Bertz CT molecular complexity index is 1310. The van der Waals surface area contributed by atoms with E-state index in [0.29, 0.717) is 6.42 Å². The predicted octanol–water partition coefficient (Wildman–Crippen LogP) is 11.3. The lowest BCUT2D eigenvalue weighted by atomic mass is 9.73. The molecule has 0 saturated carbocycles. The van der Waals surface area contributed by atoms with Crippen LogP contribution in [-0.2, 0) is 23.2 Å². The summed E-state index contributed by atoms with van der Waals surface area (Å²) in [5.41, 5.74) is 2.15. The van der Waals surface area contributed by atoms with Crippen LogP contribution in [-0.4, -0.2) is 51.7 Å². The van der Waals surface area contributed by atoms with Gasteiger partial charge in [-0.3, -0.25) is 9.59 Å². The maximum absolute atomic E-state index is 14.8. The van der Waals surface area contributed by atoms with Crippen molar-refractivity contribution in [1.82, 2.24) is 4.98 Å². The van der Waals surface area contributed by atoms with Crippen LogP contribution >= 0.6 is 11.3 Å². The highest BCUT2D eigenvalue weighted by molar-refractivity contribution is 7.09. The molecule has 0 saturated heterocycles. The Labute approximate surface area is 300 Å². The summed E-state index contributed by atoms with van der Waals surface area (Å²) in [6, 6.07) is 0. The summed E-state index contributed by atoms with van der Waals surface area (Å²) in [6.45, 7) is 36.6. The summed E-state index contributed by atoms with van der Waals surface area (Å²) in [6.07, 6.45) is 6.45. The van der Waals surface area contributed by atoms with Crippen molar-refractivity contribution in [3.8, 4) is 0 Å². The van der Waals surface area contributed by atoms with E-state index in [1.54, 1.807) is 11.3 Å². The smallest absolute Gasteiger partial charge is 0.309 e. The van der Waals surface area contributed by atoms with Crippen molar-refractivity contribution in [1.29, 1.82) is 0 Å². The van der Waals surface area contributed by atoms with E-state index in [0.717, 1.165) is 35.5 Å². The van der Waals surface area contributed by atoms with Crippen molar-refractivity contribution >= 4 is 45.8 Å². The van der Waals surface area contributed by atoms with Gasteiger partial charge in [0.2, 0.25) is 0 Å². The van der Waals surface area contributed by atoms with Crippen LogP contribution in [0.4, 0.5) is 0 Å². The largest absolute Gasteiger partial charge is 0.457 e. The van der Waals surface area contributed by atoms with Gasteiger partial charge in [0.25, 0.3) is 0 Å². The molecule has 5 atom stereocenters. The second kappa shape index (κ2) is 16.3. The Hall–Kier alpha value is -1.40. The molecule has 48 heavy (non-hydrogen) atoms. The summed E-state index contributed by atoms with van der Waals surface area (Å²) in [4.78, 5) is 33.4. The van der Waals surface area contributed by atoms with Crippen LogP contribution in [0.2, 0.25) is 36.3 Å². The second-order valence-electron chi connectivity index (χ2n) is 18.1. The van der Waals surface area contributed by atoms with Gasteiger partial charge in [-0.05, 0) is 93.9 Å². The van der Waals surface area contributed by atoms with E-state index in [-0.39, 0.29) is 46.2 Å². The first-order chi connectivity index (χ1) is 21.7. The molecule has 1 unspecified atom stereocenters. The predicted molar refractivity (Wildman–Crippen MR) is 208 cm³/mol. The number of aromatic nitrogens is 1. The quantitative estimate of drug-likeness (QED) is 0.165. The fourth-order valence-corrected chi connectivity index (χ4v) is 9.32. The third-order valence-electron chi connectivity index (χ3n) is 11.4. The Morgan fingerprint density at radius 2 is 1.56 bits per heavy atom. The number of esters is 1. The van der Waals surface area contributed by atoms with Gasteiger partial charge in [-0.2, -0.15) is 0 Å². The van der Waals surface area contributed by atoms with Crippen molar-refractivity contribution in [2.45, 2.75) is 177 Å². The Balaban J connectivity index is 2.66. The van der Waals surface area contributed by atoms with E-state index in [4.69, 9.17) is 13.6 Å². The van der Waals surface area contributed by atoms with E-state index in [1.807, 2.05) is 46.1 Å². The standard InChI is InChI=1S/C39H69NO5SSi2/c1-26-19-18-20-27(2)35(45-48(16,17)38(9,10)11)29(4)36(42)39(12,13)33(44-47(14,15)37(6,7)8)24-34(41)43-32(22-21-26)28(3)23-31-25-46-30(5)40-31/h21,23,25,27,29,32-33,35H,18-20,22,24H2,1-17H3/b26-21+,28-23+/t27-,29+,32?,33-,35-/m1/s1. The zero-order valence-corrected chi connectivity index (χ0v) is 36.4. The Kier molecular flexibility index (Phi) is 14.5. The summed E-state index contributed by atoms with van der Waals surface area (Å²) in [5.74, 6) is -0.433. The number of thiazole rings is 1. The lowest BCUT2D eigenvalue weighted by molar-refractivity contribution is -0.153. The van der Waals surface area contributed by atoms with Crippen LogP contribution in [0, 0.1) is 24.2 Å². The van der Waals surface area contributed by atoms with Gasteiger partial charge in [0.05, 0.1) is 29.3 Å². The fraction of sp³-hybridized carbons (Fsp3) is 0.769. The summed E-state index contributed by atoms with van der Waals surface area (Å²) < 4.78 is 20.5. The molecule has 6 nitrogen and oxygen atoms in total. The van der Waals surface area contributed by atoms with Crippen LogP contribution in [0.3, 0.4) is 0 Å². The maximum atomic E-state index is 14.8. The average Bonchev–Trinajstić information content (AvgIpc) is 3.34. The normalized spacial score (nSPS) is 27.7. The number of cyclic esters (lactones) is 1. The first-order valence-electron chi connectivity index (χ1n) is 18.0. The number of hydrogen-bond acceptors (Lipinski definition) is 7. The minimum atomic E-state index is -2.39. The van der Waals surface area contributed by atoms with E-state index >= 15 is 0 Å². The molecular weight excluding hydrogens is 651 g/mol. The topological polar surface area (TPSA) is 74.7 Å². The number of allylic oxidation sites excluding steroid dienone is 1. The number of aryl methyl sites for hydroxylation is 1. The molecule has 0 aliphatic carbocycles. The third-order valence-corrected chi connectivity index (χ3v) is 21.2. The lowest BCUT2D eigenvalue weighted by Crippen LogP contribution is -2.54. The fourth-order valence-electron chi connectivity index (χ4n) is 5.83. The molecule has 9 heteroatoms. The number of Topliss-reactive ketones (excluding diaryl/α,β-unsaturated/α-hetero) is 1. The maximum Gasteiger partial charge on any atom is 0.309 e. The van der Waals surface area contributed by atoms with Crippen molar-refractivity contribution in [2.24, 2.45) is 17.3 Å². The van der Waals surface area contributed by atoms with Crippen LogP contribution in [0.25, 0.3) is 6.08 Å². The molecular formula is C39H69NO5SSi2. The van der Waals surface area contributed by atoms with Gasteiger partial charge < -0.3 is 13.6 Å². The van der Waals surface area contributed by atoms with Gasteiger partial charge >= 0.3 is 5.97 Å². The SMILES string of the molecule is C/C1=C\CC(/C(C)=C/c2csc(C)n2)OC(=O)C[C@@H](O[Si](C)(C)C(C)(C)C)C(C)(C)C(=O)[C@@H](C)[C@H](O[Si](C)(C)C(C)(C)C)[C@H](C)CCC1. The molecule has 0 spiro atoms. The van der Waals surface area contributed by atoms with Crippen LogP contribution in [0.5, 0.6) is 0 Å². The van der Waals surface area contributed by atoms with Gasteiger partial charge in [-0.15, -0.1) is 11.3 Å². The molecule has 1 aliphatic heterocycles. The van der Waals surface area contributed by atoms with Gasteiger partial charge in [0, 0.05) is 23.1 Å². The molecule has 1 aromatic rings. The first-order valence-corrected chi connectivity index (χ1v) is 24.7. The highest BCUT2D eigenvalue weighted by Crippen LogP contribution is 2.44. The molecule has 274 valence electrons. The molecule has 0 amide bonds. The molecule has 2 rings (SSSR count). The van der Waals surface area contributed by atoms with E-state index in [9.17, 15) is 9.59 Å². The number of hydrogen-bond donors (Lipinski definition) is 0. The number of carbonyl (C=O) groups is 2. The minimum absolute atomic E-state index is 0.00354. The molecule has 0 fully saturated rings. The summed E-state index contributed by atoms with van der Waals surface area (Å²) in [7, 11) is -4.58. The third kappa shape index (κ3) is 11.3. The number of carbonyl (C=O) groups excluding carboxylic acids is 2. The zero-order valence-electron chi connectivity index (χ0n) is 33.6. The van der Waals surface area contributed by atoms with Crippen LogP contribution in [0.1, 0.15) is 126 Å². The van der Waals surface area contributed by atoms with Gasteiger partial charge in [-0.1, -0.05) is 80.9 Å². The highest BCUT2D eigenvalue weighted by atomic mass is 32.1. The molecule has 0 bridgehead atoms.